The molecule has 2 amide bonds. The van der Waals surface area contributed by atoms with E-state index in [4.69, 9.17) is 4.74 Å². The second-order valence-corrected chi connectivity index (χ2v) is 3.72. The van der Waals surface area contributed by atoms with Gasteiger partial charge in [-0.1, -0.05) is 30.3 Å². The topological polar surface area (TPSA) is 67.4 Å². The predicted molar refractivity (Wildman–Crippen MR) is 68.2 cm³/mol. The van der Waals surface area contributed by atoms with Crippen LogP contribution in [0.2, 0.25) is 0 Å². The summed E-state index contributed by atoms with van der Waals surface area (Å²) < 4.78 is 4.94. The average molecular weight is 250 g/mol. The molecule has 1 unspecified atom stereocenters. The van der Waals surface area contributed by atoms with Crippen LogP contribution in [0.3, 0.4) is 0 Å². The lowest BCUT2D eigenvalue weighted by Gasteiger charge is -2.17. The van der Waals surface area contributed by atoms with Crippen LogP contribution >= 0.6 is 0 Å². The maximum atomic E-state index is 11.7. The Bertz CT molecular complexity index is 392. The number of esters is 1. The van der Waals surface area contributed by atoms with E-state index < -0.39 is 18.0 Å². The SMILES string of the molecule is CCOC(=O)C(Cc1ccccc1)NC(=O)NC. The fourth-order valence-electron chi connectivity index (χ4n) is 1.52. The van der Waals surface area contributed by atoms with Crippen molar-refractivity contribution in [3.63, 3.8) is 0 Å². The molecule has 1 aromatic carbocycles. The van der Waals surface area contributed by atoms with Gasteiger partial charge in [0, 0.05) is 13.5 Å². The van der Waals surface area contributed by atoms with Crippen molar-refractivity contribution in [1.29, 1.82) is 0 Å². The van der Waals surface area contributed by atoms with E-state index in [0.717, 1.165) is 5.56 Å². The lowest BCUT2D eigenvalue weighted by Crippen LogP contribution is -2.46. The molecule has 0 aliphatic heterocycles. The number of ether oxygens (including phenoxy) is 1. The van der Waals surface area contributed by atoms with Crippen LogP contribution < -0.4 is 10.6 Å². The quantitative estimate of drug-likeness (QED) is 0.769. The van der Waals surface area contributed by atoms with Crippen molar-refractivity contribution >= 4 is 12.0 Å². The number of urea groups is 1. The second-order valence-electron chi connectivity index (χ2n) is 3.72. The molecule has 0 bridgehead atoms. The fourth-order valence-corrected chi connectivity index (χ4v) is 1.52. The molecule has 0 saturated carbocycles. The first-order valence-electron chi connectivity index (χ1n) is 5.86. The predicted octanol–water partition coefficient (Wildman–Crippen LogP) is 1.09. The molecular weight excluding hydrogens is 232 g/mol. The molecule has 0 aliphatic rings. The van der Waals surface area contributed by atoms with Crippen molar-refractivity contribution in [2.45, 2.75) is 19.4 Å². The van der Waals surface area contributed by atoms with Gasteiger partial charge in [-0.05, 0) is 12.5 Å². The Balaban J connectivity index is 2.71. The molecule has 0 aromatic heterocycles. The Labute approximate surface area is 107 Å². The Morgan fingerprint density at radius 2 is 1.94 bits per heavy atom. The number of hydrogen-bond acceptors (Lipinski definition) is 3. The minimum absolute atomic E-state index is 0.291. The number of rotatable bonds is 5. The third-order valence-corrected chi connectivity index (χ3v) is 2.39. The number of hydrogen-bond donors (Lipinski definition) is 2. The first-order valence-corrected chi connectivity index (χ1v) is 5.86. The average Bonchev–Trinajstić information content (AvgIpc) is 2.39. The molecule has 0 aliphatic carbocycles. The maximum Gasteiger partial charge on any atom is 0.329 e. The Hall–Kier alpha value is -2.04. The summed E-state index contributed by atoms with van der Waals surface area (Å²) in [6, 6.07) is 8.40. The summed E-state index contributed by atoms with van der Waals surface area (Å²) in [6.07, 6.45) is 0.410. The molecule has 0 heterocycles. The number of carbonyl (C=O) groups is 2. The third kappa shape index (κ3) is 4.45. The summed E-state index contributed by atoms with van der Waals surface area (Å²) in [5.41, 5.74) is 0.965. The van der Waals surface area contributed by atoms with Crippen LogP contribution in [0, 0.1) is 0 Å². The molecule has 18 heavy (non-hydrogen) atoms. The monoisotopic (exact) mass is 250 g/mol. The highest BCUT2D eigenvalue weighted by Crippen LogP contribution is 2.04. The highest BCUT2D eigenvalue weighted by atomic mass is 16.5. The zero-order chi connectivity index (χ0) is 13.4. The van der Waals surface area contributed by atoms with Gasteiger partial charge in [0.15, 0.2) is 0 Å². The van der Waals surface area contributed by atoms with Gasteiger partial charge in [-0.2, -0.15) is 0 Å². The maximum absolute atomic E-state index is 11.7. The van der Waals surface area contributed by atoms with E-state index in [2.05, 4.69) is 10.6 Å². The van der Waals surface area contributed by atoms with E-state index in [1.54, 1.807) is 6.92 Å². The van der Waals surface area contributed by atoms with Crippen molar-refractivity contribution in [2.75, 3.05) is 13.7 Å². The largest absolute Gasteiger partial charge is 0.464 e. The van der Waals surface area contributed by atoms with E-state index in [0.29, 0.717) is 13.0 Å². The van der Waals surface area contributed by atoms with Gasteiger partial charge in [0.2, 0.25) is 0 Å². The lowest BCUT2D eigenvalue weighted by molar-refractivity contribution is -0.145. The zero-order valence-electron chi connectivity index (χ0n) is 10.6. The number of nitrogens with one attached hydrogen (secondary N) is 2. The summed E-state index contributed by atoms with van der Waals surface area (Å²) in [6.45, 7) is 2.02. The highest BCUT2D eigenvalue weighted by Gasteiger charge is 2.21. The van der Waals surface area contributed by atoms with E-state index in [1.807, 2.05) is 30.3 Å². The molecule has 1 rings (SSSR count). The molecule has 5 heteroatoms. The van der Waals surface area contributed by atoms with E-state index >= 15 is 0 Å². The Kier molecular flexibility index (Phi) is 5.70. The van der Waals surface area contributed by atoms with E-state index in [1.165, 1.54) is 7.05 Å². The van der Waals surface area contributed by atoms with Gasteiger partial charge in [0.25, 0.3) is 0 Å². The van der Waals surface area contributed by atoms with Crippen LogP contribution in [0.25, 0.3) is 0 Å². The van der Waals surface area contributed by atoms with Crippen molar-refractivity contribution in [3.8, 4) is 0 Å². The van der Waals surface area contributed by atoms with Crippen molar-refractivity contribution in [3.05, 3.63) is 35.9 Å². The minimum atomic E-state index is -0.674. The molecule has 0 fully saturated rings. The van der Waals surface area contributed by atoms with Crippen LogP contribution in [-0.2, 0) is 16.0 Å². The van der Waals surface area contributed by atoms with Crippen LogP contribution in [0.5, 0.6) is 0 Å². The van der Waals surface area contributed by atoms with Gasteiger partial charge >= 0.3 is 12.0 Å². The lowest BCUT2D eigenvalue weighted by atomic mass is 10.1. The van der Waals surface area contributed by atoms with E-state index in [-0.39, 0.29) is 0 Å². The van der Waals surface area contributed by atoms with Crippen LogP contribution in [0.15, 0.2) is 30.3 Å². The van der Waals surface area contributed by atoms with Gasteiger partial charge in [-0.25, -0.2) is 9.59 Å². The van der Waals surface area contributed by atoms with Gasteiger partial charge in [-0.15, -0.1) is 0 Å². The molecule has 1 atom stereocenters. The molecule has 5 nitrogen and oxygen atoms in total. The second kappa shape index (κ2) is 7.32. The highest BCUT2D eigenvalue weighted by molar-refractivity contribution is 5.83. The molecule has 0 saturated heterocycles. The summed E-state index contributed by atoms with van der Waals surface area (Å²) in [5, 5.41) is 5.00. The van der Waals surface area contributed by atoms with Crippen LogP contribution in [-0.4, -0.2) is 31.7 Å². The third-order valence-electron chi connectivity index (χ3n) is 2.39. The van der Waals surface area contributed by atoms with Crippen molar-refractivity contribution in [2.24, 2.45) is 0 Å². The molecule has 98 valence electrons. The number of amides is 2. The van der Waals surface area contributed by atoms with Crippen molar-refractivity contribution < 1.29 is 14.3 Å². The summed E-state index contributed by atoms with van der Waals surface area (Å²) in [5.74, 6) is -0.426. The summed E-state index contributed by atoms with van der Waals surface area (Å²) in [7, 11) is 1.50. The van der Waals surface area contributed by atoms with Gasteiger partial charge in [0.05, 0.1) is 6.61 Å². The van der Waals surface area contributed by atoms with Crippen LogP contribution in [0.4, 0.5) is 4.79 Å². The smallest absolute Gasteiger partial charge is 0.329 e. The Morgan fingerprint density at radius 3 is 2.50 bits per heavy atom. The molecule has 0 spiro atoms. The summed E-state index contributed by atoms with van der Waals surface area (Å²) in [4.78, 5) is 23.0. The number of benzene rings is 1. The normalized spacial score (nSPS) is 11.4. The van der Waals surface area contributed by atoms with Gasteiger partial charge < -0.3 is 15.4 Å². The first-order chi connectivity index (χ1) is 8.67. The molecule has 0 radical (unpaired) electrons. The number of carbonyl (C=O) groups excluding carboxylic acids is 2. The van der Waals surface area contributed by atoms with Crippen molar-refractivity contribution in [1.82, 2.24) is 10.6 Å². The molecule has 1 aromatic rings. The van der Waals surface area contributed by atoms with Crippen LogP contribution in [0.1, 0.15) is 12.5 Å². The standard InChI is InChI=1S/C13H18N2O3/c1-3-18-12(16)11(15-13(17)14-2)9-10-7-5-4-6-8-10/h4-8,11H,3,9H2,1-2H3,(H2,14,15,17). The van der Waals surface area contributed by atoms with Gasteiger partial charge in [0.1, 0.15) is 6.04 Å². The van der Waals surface area contributed by atoms with E-state index in [9.17, 15) is 9.59 Å². The van der Waals surface area contributed by atoms with Gasteiger partial charge in [-0.3, -0.25) is 0 Å². The Morgan fingerprint density at radius 1 is 1.28 bits per heavy atom. The minimum Gasteiger partial charge on any atom is -0.464 e. The zero-order valence-corrected chi connectivity index (χ0v) is 10.6. The fraction of sp³-hybridized carbons (Fsp3) is 0.385. The first kappa shape index (κ1) is 14.0. The molecular formula is C13H18N2O3. The summed E-state index contributed by atoms with van der Waals surface area (Å²) >= 11 is 0. The molecule has 2 N–H and O–H groups in total.